The molecule has 0 spiro atoms. The topological polar surface area (TPSA) is 24.9 Å². The first-order valence-electron chi connectivity index (χ1n) is 5.30. The van der Waals surface area contributed by atoms with Crippen LogP contribution >= 0.6 is 27.7 Å². The first kappa shape index (κ1) is 11.4. The highest BCUT2D eigenvalue weighted by atomic mass is 79.9. The summed E-state index contributed by atoms with van der Waals surface area (Å²) in [6.45, 7) is 2.36. The summed E-state index contributed by atoms with van der Waals surface area (Å²) in [6, 6.07) is 6.08. The first-order chi connectivity index (χ1) is 7.34. The van der Waals surface area contributed by atoms with Crippen LogP contribution in [0.4, 0.5) is 0 Å². The van der Waals surface area contributed by atoms with E-state index < -0.39 is 0 Å². The van der Waals surface area contributed by atoms with Crippen LogP contribution in [0.15, 0.2) is 27.8 Å². The van der Waals surface area contributed by atoms with Gasteiger partial charge in [-0.1, -0.05) is 6.07 Å². The predicted octanol–water partition coefficient (Wildman–Crippen LogP) is 2.94. The summed E-state index contributed by atoms with van der Waals surface area (Å²) in [6.07, 6.45) is 2.67. The third-order valence-corrected chi connectivity index (χ3v) is 4.16. The number of hydrogen-bond acceptors (Lipinski definition) is 3. The fourth-order valence-corrected chi connectivity index (χ4v) is 3.23. The Morgan fingerprint density at radius 3 is 3.20 bits per heavy atom. The summed E-state index contributed by atoms with van der Waals surface area (Å²) in [5.74, 6) is 1.99. The van der Waals surface area contributed by atoms with Gasteiger partial charge in [-0.3, -0.25) is 0 Å². The molecule has 1 aromatic rings. The van der Waals surface area contributed by atoms with Crippen molar-refractivity contribution in [2.75, 3.05) is 18.8 Å². The predicted molar refractivity (Wildman–Crippen MR) is 68.3 cm³/mol. The van der Waals surface area contributed by atoms with E-state index in [9.17, 15) is 0 Å². The highest BCUT2D eigenvalue weighted by Crippen LogP contribution is 2.23. The normalized spacial score (nSPS) is 21.5. The van der Waals surface area contributed by atoms with Crippen molar-refractivity contribution in [3.8, 4) is 0 Å². The zero-order valence-corrected chi connectivity index (χ0v) is 11.0. The van der Waals surface area contributed by atoms with Gasteiger partial charge in [-0.2, -0.15) is 0 Å². The van der Waals surface area contributed by atoms with E-state index in [1.807, 2.05) is 23.9 Å². The molecular formula is C11H15BrN2S. The van der Waals surface area contributed by atoms with Gasteiger partial charge in [0.2, 0.25) is 0 Å². The van der Waals surface area contributed by atoms with Crippen LogP contribution < -0.4 is 5.32 Å². The highest BCUT2D eigenvalue weighted by Gasteiger charge is 2.13. The number of aromatic nitrogens is 1. The molecule has 2 nitrogen and oxygen atoms in total. The maximum Gasteiger partial charge on any atom is 0.107 e. The smallest absolute Gasteiger partial charge is 0.107 e. The SMILES string of the molecule is Brc1cccc(SCC2CCCNC2)n1. The molecule has 0 aliphatic carbocycles. The quantitative estimate of drug-likeness (QED) is 0.683. The molecule has 2 rings (SSSR count). The molecule has 1 aromatic heterocycles. The Kier molecular flexibility index (Phi) is 4.47. The maximum absolute atomic E-state index is 4.42. The monoisotopic (exact) mass is 286 g/mol. The Labute approximate surface area is 103 Å². The molecule has 0 aromatic carbocycles. The van der Waals surface area contributed by atoms with Crippen LogP contribution in [-0.2, 0) is 0 Å². The molecule has 1 atom stereocenters. The summed E-state index contributed by atoms with van der Waals surface area (Å²) in [5.41, 5.74) is 0. The second-order valence-electron chi connectivity index (χ2n) is 3.82. The number of thioether (sulfide) groups is 1. The van der Waals surface area contributed by atoms with Gasteiger partial charge in [0.25, 0.3) is 0 Å². The number of rotatable bonds is 3. The summed E-state index contributed by atoms with van der Waals surface area (Å²) < 4.78 is 0.925. The molecular weight excluding hydrogens is 272 g/mol. The van der Waals surface area contributed by atoms with E-state index >= 15 is 0 Å². The van der Waals surface area contributed by atoms with Crippen LogP contribution in [0.3, 0.4) is 0 Å². The highest BCUT2D eigenvalue weighted by molar-refractivity contribution is 9.10. The summed E-state index contributed by atoms with van der Waals surface area (Å²) >= 11 is 5.25. The molecule has 0 saturated carbocycles. The molecule has 1 fully saturated rings. The van der Waals surface area contributed by atoms with Gasteiger partial charge < -0.3 is 5.32 Å². The fraction of sp³-hybridized carbons (Fsp3) is 0.545. The molecule has 1 aliphatic rings. The molecule has 0 radical (unpaired) electrons. The molecule has 4 heteroatoms. The number of halogens is 1. The zero-order chi connectivity index (χ0) is 10.5. The molecule has 82 valence electrons. The fourth-order valence-electron chi connectivity index (χ4n) is 1.74. The minimum Gasteiger partial charge on any atom is -0.316 e. The zero-order valence-electron chi connectivity index (χ0n) is 8.58. The summed E-state index contributed by atoms with van der Waals surface area (Å²) in [5, 5.41) is 4.56. The lowest BCUT2D eigenvalue weighted by Crippen LogP contribution is -2.30. The molecule has 1 saturated heterocycles. The average molecular weight is 287 g/mol. The number of pyridine rings is 1. The van der Waals surface area contributed by atoms with E-state index in [4.69, 9.17) is 0 Å². The van der Waals surface area contributed by atoms with Crippen LogP contribution in [0, 0.1) is 5.92 Å². The minimum absolute atomic E-state index is 0.810. The number of piperidine rings is 1. The molecule has 2 heterocycles. The van der Waals surface area contributed by atoms with E-state index in [0.717, 1.165) is 15.5 Å². The van der Waals surface area contributed by atoms with Crippen LogP contribution in [0.5, 0.6) is 0 Å². The third-order valence-electron chi connectivity index (χ3n) is 2.56. The van der Waals surface area contributed by atoms with Gasteiger partial charge in [0, 0.05) is 5.75 Å². The molecule has 15 heavy (non-hydrogen) atoms. The molecule has 0 amide bonds. The van der Waals surface area contributed by atoms with Crippen LogP contribution in [0.1, 0.15) is 12.8 Å². The van der Waals surface area contributed by atoms with E-state index in [2.05, 4.69) is 32.3 Å². The van der Waals surface area contributed by atoms with Gasteiger partial charge >= 0.3 is 0 Å². The largest absolute Gasteiger partial charge is 0.316 e. The Morgan fingerprint density at radius 2 is 2.47 bits per heavy atom. The third kappa shape index (κ3) is 3.78. The van der Waals surface area contributed by atoms with Gasteiger partial charge in [0.15, 0.2) is 0 Å². The molecule has 1 N–H and O–H groups in total. The van der Waals surface area contributed by atoms with Gasteiger partial charge in [0.05, 0.1) is 5.03 Å². The second kappa shape index (κ2) is 5.87. The lowest BCUT2D eigenvalue weighted by Gasteiger charge is -2.21. The van der Waals surface area contributed by atoms with Crippen molar-refractivity contribution >= 4 is 27.7 Å². The van der Waals surface area contributed by atoms with Crippen LogP contribution in [-0.4, -0.2) is 23.8 Å². The number of nitrogens with one attached hydrogen (secondary N) is 1. The average Bonchev–Trinajstić information content (AvgIpc) is 2.28. The van der Waals surface area contributed by atoms with Gasteiger partial charge in [0.1, 0.15) is 4.60 Å². The Balaban J connectivity index is 1.81. The van der Waals surface area contributed by atoms with E-state index in [1.165, 1.54) is 31.7 Å². The standard InChI is InChI=1S/C11H15BrN2S/c12-10-4-1-5-11(14-10)15-8-9-3-2-6-13-7-9/h1,4-5,9,13H,2-3,6-8H2. The Hall–Kier alpha value is -0.0600. The first-order valence-corrected chi connectivity index (χ1v) is 7.08. The van der Waals surface area contributed by atoms with Crippen molar-refractivity contribution in [1.82, 2.24) is 10.3 Å². The van der Waals surface area contributed by atoms with Gasteiger partial charge in [-0.15, -0.1) is 11.8 Å². The number of nitrogens with zero attached hydrogens (tertiary/aromatic N) is 1. The van der Waals surface area contributed by atoms with Gasteiger partial charge in [-0.25, -0.2) is 4.98 Å². The Bertz CT molecular complexity index is 313. The summed E-state index contributed by atoms with van der Waals surface area (Å²) in [7, 11) is 0. The van der Waals surface area contributed by atoms with Crippen molar-refractivity contribution in [2.24, 2.45) is 5.92 Å². The second-order valence-corrected chi connectivity index (χ2v) is 5.67. The summed E-state index contributed by atoms with van der Waals surface area (Å²) in [4.78, 5) is 4.42. The van der Waals surface area contributed by atoms with Gasteiger partial charge in [-0.05, 0) is 59.9 Å². The lowest BCUT2D eigenvalue weighted by molar-refractivity contribution is 0.410. The number of hydrogen-bond donors (Lipinski definition) is 1. The van der Waals surface area contributed by atoms with Crippen LogP contribution in [0.25, 0.3) is 0 Å². The van der Waals surface area contributed by atoms with Crippen LogP contribution in [0.2, 0.25) is 0 Å². The van der Waals surface area contributed by atoms with Crippen molar-refractivity contribution in [3.05, 3.63) is 22.8 Å². The van der Waals surface area contributed by atoms with E-state index in [-0.39, 0.29) is 0 Å². The minimum atomic E-state index is 0.810. The van der Waals surface area contributed by atoms with Crippen molar-refractivity contribution in [3.63, 3.8) is 0 Å². The molecule has 1 aliphatic heterocycles. The maximum atomic E-state index is 4.42. The van der Waals surface area contributed by atoms with E-state index in [0.29, 0.717) is 0 Å². The van der Waals surface area contributed by atoms with Crippen molar-refractivity contribution in [2.45, 2.75) is 17.9 Å². The van der Waals surface area contributed by atoms with Crippen molar-refractivity contribution in [1.29, 1.82) is 0 Å². The molecule has 1 unspecified atom stereocenters. The Morgan fingerprint density at radius 1 is 1.53 bits per heavy atom. The lowest BCUT2D eigenvalue weighted by atomic mass is 10.0. The van der Waals surface area contributed by atoms with Crippen molar-refractivity contribution < 1.29 is 0 Å². The van der Waals surface area contributed by atoms with E-state index in [1.54, 1.807) is 0 Å². The molecule has 0 bridgehead atoms.